The average molecular weight is 578 g/mol. The predicted octanol–water partition coefficient (Wildman–Crippen LogP) is 5.93. The summed E-state index contributed by atoms with van der Waals surface area (Å²) in [4.78, 5) is 21.4. The highest BCUT2D eigenvalue weighted by Crippen LogP contribution is 2.46. The van der Waals surface area contributed by atoms with E-state index in [1.807, 2.05) is 48.5 Å². The second-order valence-corrected chi connectivity index (χ2v) is 11.5. The Labute approximate surface area is 255 Å². The lowest BCUT2D eigenvalue weighted by atomic mass is 9.99. The zero-order valence-corrected chi connectivity index (χ0v) is 24.3. The van der Waals surface area contributed by atoms with Gasteiger partial charge in [-0.05, 0) is 54.0 Å². The number of rotatable bonds is 7. The van der Waals surface area contributed by atoms with Crippen LogP contribution in [0.2, 0.25) is 0 Å². The number of nitrogens with one attached hydrogen (secondary N) is 1. The Morgan fingerprint density at radius 1 is 1.05 bits per heavy atom. The Bertz CT molecular complexity index is 1970. The molecule has 3 atom stereocenters. The first-order valence-electron chi connectivity index (χ1n) is 14.7. The minimum atomic E-state index is -0.0803. The first kappa shape index (κ1) is 27.4. The van der Waals surface area contributed by atoms with E-state index in [1.165, 1.54) is 17.4 Å². The maximum absolute atomic E-state index is 8.79. The number of likely N-dealkylation sites (tertiary alicyclic amines) is 1. The van der Waals surface area contributed by atoms with Crippen LogP contribution in [0.15, 0.2) is 102 Å². The van der Waals surface area contributed by atoms with Crippen molar-refractivity contribution < 1.29 is 0 Å². The van der Waals surface area contributed by atoms with Gasteiger partial charge >= 0.3 is 0 Å². The molecular formula is C35H31N9. The van der Waals surface area contributed by atoms with E-state index in [4.69, 9.17) is 26.4 Å². The molecule has 1 aliphatic heterocycles. The molecule has 2 aliphatic rings. The van der Waals surface area contributed by atoms with E-state index in [0.29, 0.717) is 29.4 Å². The number of piperidine rings is 1. The number of hydrogen-bond donors (Lipinski definition) is 2. The van der Waals surface area contributed by atoms with E-state index in [-0.39, 0.29) is 5.71 Å². The predicted molar refractivity (Wildman–Crippen MR) is 173 cm³/mol. The van der Waals surface area contributed by atoms with Gasteiger partial charge in [0.05, 0.1) is 11.3 Å². The summed E-state index contributed by atoms with van der Waals surface area (Å²) in [5.74, 6) is 2.56. The van der Waals surface area contributed by atoms with Gasteiger partial charge in [0.1, 0.15) is 23.1 Å². The summed E-state index contributed by atoms with van der Waals surface area (Å²) in [6, 6.07) is 28.4. The molecule has 9 nitrogen and oxygen atoms in total. The average Bonchev–Trinajstić information content (AvgIpc) is 3.62. The van der Waals surface area contributed by atoms with E-state index in [2.05, 4.69) is 62.8 Å². The van der Waals surface area contributed by atoms with Crippen molar-refractivity contribution in [2.45, 2.75) is 13.5 Å². The summed E-state index contributed by atoms with van der Waals surface area (Å²) in [7, 11) is 0. The zero-order valence-electron chi connectivity index (χ0n) is 24.3. The highest BCUT2D eigenvalue weighted by Gasteiger charge is 2.52. The van der Waals surface area contributed by atoms with Gasteiger partial charge in [-0.3, -0.25) is 19.9 Å². The Balaban J connectivity index is 1.18. The lowest BCUT2D eigenvalue weighted by Crippen LogP contribution is -2.35. The van der Waals surface area contributed by atoms with Crippen LogP contribution in [0.5, 0.6) is 0 Å². The number of anilines is 1. The maximum atomic E-state index is 8.79. The molecule has 3 unspecified atom stereocenters. The fourth-order valence-electron chi connectivity index (χ4n) is 6.41. The van der Waals surface area contributed by atoms with Gasteiger partial charge in [0, 0.05) is 60.8 Å². The number of nitriles is 1. The first-order chi connectivity index (χ1) is 21.5. The molecule has 44 heavy (non-hydrogen) atoms. The van der Waals surface area contributed by atoms with Crippen molar-refractivity contribution in [3.05, 3.63) is 103 Å². The highest BCUT2D eigenvalue weighted by molar-refractivity contribution is 6.07. The Morgan fingerprint density at radius 3 is 2.64 bits per heavy atom. The normalized spacial score (nSPS) is 20.5. The number of aromatic nitrogens is 4. The Morgan fingerprint density at radius 2 is 1.86 bits per heavy atom. The molecule has 216 valence electrons. The molecule has 0 bridgehead atoms. The minimum Gasteiger partial charge on any atom is -0.383 e. The summed E-state index contributed by atoms with van der Waals surface area (Å²) in [5, 5.41) is 16.3. The number of aliphatic imine (C=N–C) groups is 1. The molecule has 3 aromatic heterocycles. The number of nitrogens with two attached hydrogens (primary N) is 1. The van der Waals surface area contributed by atoms with Crippen LogP contribution in [0.3, 0.4) is 0 Å². The minimum absolute atomic E-state index is 0.0803. The summed E-state index contributed by atoms with van der Waals surface area (Å²) in [6.07, 6.45) is 4.74. The molecule has 1 aliphatic carbocycles. The molecule has 1 saturated carbocycles. The van der Waals surface area contributed by atoms with E-state index in [0.717, 1.165) is 53.3 Å². The smallest absolute Gasteiger partial charge is 0.165 e. The van der Waals surface area contributed by atoms with E-state index in [9.17, 15) is 0 Å². The molecule has 1 saturated heterocycles. The number of pyridine rings is 2. The number of imidazole rings is 1. The van der Waals surface area contributed by atoms with Gasteiger partial charge in [-0.15, -0.1) is 0 Å². The number of fused-ring (bicyclic) bond motifs is 2. The lowest BCUT2D eigenvalue weighted by Gasteiger charge is -2.29. The monoisotopic (exact) mass is 577 g/mol. The largest absolute Gasteiger partial charge is 0.383 e. The van der Waals surface area contributed by atoms with Crippen molar-refractivity contribution in [3.63, 3.8) is 0 Å². The molecule has 4 heterocycles. The Kier molecular flexibility index (Phi) is 7.04. The van der Waals surface area contributed by atoms with E-state index >= 15 is 0 Å². The molecule has 0 amide bonds. The van der Waals surface area contributed by atoms with Crippen LogP contribution >= 0.6 is 0 Å². The molecular weight excluding hydrogens is 546 g/mol. The molecule has 0 spiro atoms. The van der Waals surface area contributed by atoms with Crippen molar-refractivity contribution in [1.29, 1.82) is 10.7 Å². The lowest BCUT2D eigenvalue weighted by molar-refractivity contribution is 0.167. The van der Waals surface area contributed by atoms with Crippen molar-refractivity contribution in [1.82, 2.24) is 24.4 Å². The van der Waals surface area contributed by atoms with Crippen LogP contribution in [-0.4, -0.2) is 48.9 Å². The SMILES string of the molecule is CC1CN(Cc2ccc(-n3c(-c4cccnc4N)nc4ccc(-c5ccccc5)nc43)cc2)CC2C(=N/C=C\C(=N)C#N)C12. The topological polar surface area (TPSA) is 133 Å². The number of nitrogen functional groups attached to an aromatic ring is 1. The van der Waals surface area contributed by atoms with Gasteiger partial charge in [-0.1, -0.05) is 49.4 Å². The third kappa shape index (κ3) is 5.16. The van der Waals surface area contributed by atoms with Gasteiger partial charge < -0.3 is 5.73 Å². The second kappa shape index (κ2) is 11.3. The van der Waals surface area contributed by atoms with Crippen LogP contribution in [0.1, 0.15) is 12.5 Å². The number of hydrogen-bond acceptors (Lipinski definition) is 8. The molecule has 2 fully saturated rings. The van der Waals surface area contributed by atoms with Crippen molar-refractivity contribution in [3.8, 4) is 34.4 Å². The summed E-state index contributed by atoms with van der Waals surface area (Å²) in [5.41, 5.74) is 13.8. The third-order valence-electron chi connectivity index (χ3n) is 8.50. The van der Waals surface area contributed by atoms with Crippen molar-refractivity contribution >= 4 is 28.4 Å². The zero-order chi connectivity index (χ0) is 30.2. The summed E-state index contributed by atoms with van der Waals surface area (Å²) >= 11 is 0. The molecule has 5 aromatic rings. The van der Waals surface area contributed by atoms with Crippen LogP contribution in [0.25, 0.3) is 39.5 Å². The fraction of sp³-hybridized carbons (Fsp3) is 0.200. The van der Waals surface area contributed by atoms with Crippen molar-refractivity contribution in [2.24, 2.45) is 22.7 Å². The summed E-state index contributed by atoms with van der Waals surface area (Å²) in [6.45, 7) is 5.09. The van der Waals surface area contributed by atoms with Gasteiger partial charge in [0.25, 0.3) is 0 Å². The second-order valence-electron chi connectivity index (χ2n) is 11.5. The van der Waals surface area contributed by atoms with E-state index in [1.54, 1.807) is 12.4 Å². The fourth-order valence-corrected chi connectivity index (χ4v) is 6.41. The van der Waals surface area contributed by atoms with Crippen LogP contribution in [0.4, 0.5) is 5.82 Å². The van der Waals surface area contributed by atoms with Crippen molar-refractivity contribution in [2.75, 3.05) is 18.8 Å². The molecule has 2 aromatic carbocycles. The third-order valence-corrected chi connectivity index (χ3v) is 8.50. The number of benzene rings is 2. The molecule has 9 heteroatoms. The molecule has 7 rings (SSSR count). The van der Waals surface area contributed by atoms with Gasteiger partial charge in [0.15, 0.2) is 11.5 Å². The Hall–Kier alpha value is -5.46. The standard InChI is InChI=1S/C35H31N9/c1-22-19-43(21-28-31(22)32(28)39-17-15-25(37)18-36)20-23-9-11-26(12-10-23)44-34(27-8-5-16-40-33(27)38)42-30-14-13-29(41-35(30)44)24-6-3-2-4-7-24/h2-17,22,28,31,37H,19-21H2,1H3,(H2,38,40)/b17-15-,37-25?,39-32?. The quantitative estimate of drug-likeness (QED) is 0.231. The maximum Gasteiger partial charge on any atom is 0.165 e. The van der Waals surface area contributed by atoms with Crippen LogP contribution in [-0.2, 0) is 6.54 Å². The van der Waals surface area contributed by atoms with Gasteiger partial charge in [-0.25, -0.2) is 15.0 Å². The number of allylic oxidation sites excluding steroid dienone is 1. The van der Waals surface area contributed by atoms with Crippen LogP contribution < -0.4 is 5.73 Å². The molecule has 3 N–H and O–H groups in total. The number of nitrogens with zero attached hydrogens (tertiary/aromatic N) is 7. The highest BCUT2D eigenvalue weighted by atomic mass is 15.2. The molecule has 0 radical (unpaired) electrons. The van der Waals surface area contributed by atoms with Gasteiger partial charge in [-0.2, -0.15) is 5.26 Å². The first-order valence-corrected chi connectivity index (χ1v) is 14.7. The van der Waals surface area contributed by atoms with Crippen LogP contribution in [0, 0.1) is 34.5 Å². The summed E-state index contributed by atoms with van der Waals surface area (Å²) < 4.78 is 2.07. The van der Waals surface area contributed by atoms with Gasteiger partial charge in [0.2, 0.25) is 0 Å². The van der Waals surface area contributed by atoms with E-state index < -0.39 is 0 Å².